The number of aromatic nitrogens is 2. The zero-order valence-electron chi connectivity index (χ0n) is 11.8. The monoisotopic (exact) mass is 261 g/mol. The van der Waals surface area contributed by atoms with Crippen molar-refractivity contribution < 1.29 is 5.11 Å². The van der Waals surface area contributed by atoms with E-state index in [2.05, 4.69) is 35.9 Å². The zero-order valence-corrected chi connectivity index (χ0v) is 11.8. The molecule has 4 nitrogen and oxygen atoms in total. The molecular formula is C15H23N3O. The maximum absolute atomic E-state index is 9.23. The van der Waals surface area contributed by atoms with Gasteiger partial charge < -0.3 is 15.0 Å². The Labute approximate surface area is 114 Å². The van der Waals surface area contributed by atoms with Gasteiger partial charge >= 0.3 is 0 Å². The van der Waals surface area contributed by atoms with Crippen LogP contribution in [0.3, 0.4) is 0 Å². The van der Waals surface area contributed by atoms with Crippen molar-refractivity contribution in [3.8, 4) is 0 Å². The molecule has 1 aromatic carbocycles. The second-order valence-electron chi connectivity index (χ2n) is 4.84. The summed E-state index contributed by atoms with van der Waals surface area (Å²) in [7, 11) is 0. The van der Waals surface area contributed by atoms with Crippen LogP contribution in [0, 0.1) is 0 Å². The maximum atomic E-state index is 9.23. The summed E-state index contributed by atoms with van der Waals surface area (Å²) in [5, 5.41) is 12.6. The highest BCUT2D eigenvalue weighted by molar-refractivity contribution is 5.75. The number of benzene rings is 1. The van der Waals surface area contributed by atoms with Gasteiger partial charge in [-0.1, -0.05) is 26.0 Å². The molecule has 0 amide bonds. The molecular weight excluding hydrogens is 238 g/mol. The Bertz CT molecular complexity index is 517. The summed E-state index contributed by atoms with van der Waals surface area (Å²) >= 11 is 0. The van der Waals surface area contributed by atoms with Gasteiger partial charge in [-0.25, -0.2) is 4.98 Å². The molecule has 1 heterocycles. The van der Waals surface area contributed by atoms with Gasteiger partial charge in [0.2, 0.25) is 0 Å². The van der Waals surface area contributed by atoms with E-state index in [9.17, 15) is 5.11 Å². The predicted molar refractivity (Wildman–Crippen MR) is 78.0 cm³/mol. The van der Waals surface area contributed by atoms with Crippen LogP contribution in [0.2, 0.25) is 0 Å². The lowest BCUT2D eigenvalue weighted by atomic mass is 10.2. The molecule has 1 atom stereocenters. The van der Waals surface area contributed by atoms with E-state index in [-0.39, 0.29) is 12.6 Å². The summed E-state index contributed by atoms with van der Waals surface area (Å²) in [6.07, 6.45) is 2.01. The highest BCUT2D eigenvalue weighted by Gasteiger charge is 2.11. The fourth-order valence-electron chi connectivity index (χ4n) is 2.31. The molecule has 0 unspecified atom stereocenters. The van der Waals surface area contributed by atoms with Crippen LogP contribution < -0.4 is 5.32 Å². The lowest BCUT2D eigenvalue weighted by Gasteiger charge is -2.14. The van der Waals surface area contributed by atoms with E-state index in [0.717, 1.165) is 30.7 Å². The van der Waals surface area contributed by atoms with Gasteiger partial charge in [0, 0.05) is 12.6 Å². The van der Waals surface area contributed by atoms with Crippen molar-refractivity contribution in [2.75, 3.05) is 6.61 Å². The maximum Gasteiger partial charge on any atom is 0.123 e. The molecule has 0 saturated carbocycles. The second kappa shape index (κ2) is 6.68. The van der Waals surface area contributed by atoms with Crippen LogP contribution in [0.15, 0.2) is 24.3 Å². The largest absolute Gasteiger partial charge is 0.395 e. The molecule has 104 valence electrons. The van der Waals surface area contributed by atoms with E-state index in [1.165, 1.54) is 5.52 Å². The Morgan fingerprint density at radius 3 is 2.79 bits per heavy atom. The normalized spacial score (nSPS) is 13.0. The number of fused-ring (bicyclic) bond motifs is 1. The summed E-state index contributed by atoms with van der Waals surface area (Å²) in [5.41, 5.74) is 2.24. The number of imidazole rings is 1. The third kappa shape index (κ3) is 3.14. The highest BCUT2D eigenvalue weighted by Crippen LogP contribution is 2.16. The quantitative estimate of drug-likeness (QED) is 0.804. The zero-order chi connectivity index (χ0) is 13.7. The average molecular weight is 261 g/mol. The van der Waals surface area contributed by atoms with E-state index < -0.39 is 0 Å². The third-order valence-corrected chi connectivity index (χ3v) is 3.44. The molecule has 19 heavy (non-hydrogen) atoms. The summed E-state index contributed by atoms with van der Waals surface area (Å²) in [5.74, 6) is 1.05. The molecule has 2 aromatic rings. The molecule has 0 fully saturated rings. The van der Waals surface area contributed by atoms with Crippen molar-refractivity contribution in [2.24, 2.45) is 0 Å². The molecule has 0 radical (unpaired) electrons. The predicted octanol–water partition coefficient (Wildman–Crippen LogP) is 2.31. The number of hydrogen-bond acceptors (Lipinski definition) is 3. The van der Waals surface area contributed by atoms with Gasteiger partial charge in [-0.2, -0.15) is 0 Å². The molecule has 4 heteroatoms. The van der Waals surface area contributed by atoms with Gasteiger partial charge in [-0.15, -0.1) is 0 Å². The first-order valence-corrected chi connectivity index (χ1v) is 7.08. The number of rotatable bonds is 7. The van der Waals surface area contributed by atoms with E-state index in [0.29, 0.717) is 6.54 Å². The van der Waals surface area contributed by atoms with Crippen molar-refractivity contribution >= 4 is 11.0 Å². The van der Waals surface area contributed by atoms with Crippen LogP contribution in [0.4, 0.5) is 0 Å². The van der Waals surface area contributed by atoms with Crippen LogP contribution in [0.1, 0.15) is 32.5 Å². The minimum atomic E-state index is 0.148. The lowest BCUT2D eigenvalue weighted by Crippen LogP contribution is -2.32. The van der Waals surface area contributed by atoms with Gasteiger partial charge in [-0.05, 0) is 25.0 Å². The number of para-hydroxylation sites is 2. The van der Waals surface area contributed by atoms with Crippen molar-refractivity contribution in [1.82, 2.24) is 14.9 Å². The third-order valence-electron chi connectivity index (χ3n) is 3.44. The Balaban J connectivity index is 2.23. The number of nitrogens with one attached hydrogen (secondary N) is 1. The molecule has 1 aromatic heterocycles. The molecule has 2 N–H and O–H groups in total. The second-order valence-corrected chi connectivity index (χ2v) is 4.84. The Morgan fingerprint density at radius 2 is 2.11 bits per heavy atom. The van der Waals surface area contributed by atoms with Crippen molar-refractivity contribution in [3.63, 3.8) is 0 Å². The lowest BCUT2D eigenvalue weighted by molar-refractivity contribution is 0.237. The first kappa shape index (κ1) is 14.0. The van der Waals surface area contributed by atoms with Crippen LogP contribution >= 0.6 is 0 Å². The summed E-state index contributed by atoms with van der Waals surface area (Å²) in [6.45, 7) is 6.10. The fourth-order valence-corrected chi connectivity index (χ4v) is 2.31. The molecule has 0 aliphatic heterocycles. The number of aliphatic hydroxyl groups excluding tert-OH is 1. The molecule has 0 saturated heterocycles. The fraction of sp³-hybridized carbons (Fsp3) is 0.533. The smallest absolute Gasteiger partial charge is 0.123 e. The molecule has 0 bridgehead atoms. The van der Waals surface area contributed by atoms with Gasteiger partial charge in [0.1, 0.15) is 5.82 Å². The minimum absolute atomic E-state index is 0.148. The van der Waals surface area contributed by atoms with Crippen LogP contribution in [-0.2, 0) is 13.1 Å². The van der Waals surface area contributed by atoms with Crippen LogP contribution in [-0.4, -0.2) is 27.3 Å². The Hall–Kier alpha value is -1.39. The van der Waals surface area contributed by atoms with Gasteiger partial charge in [0.05, 0.1) is 24.2 Å². The number of aliphatic hydroxyl groups is 1. The van der Waals surface area contributed by atoms with Gasteiger partial charge in [0.15, 0.2) is 0 Å². The molecule has 0 aliphatic rings. The van der Waals surface area contributed by atoms with Gasteiger partial charge in [0.25, 0.3) is 0 Å². The minimum Gasteiger partial charge on any atom is -0.395 e. The van der Waals surface area contributed by atoms with Crippen molar-refractivity contribution in [3.05, 3.63) is 30.1 Å². The van der Waals surface area contributed by atoms with Crippen molar-refractivity contribution in [2.45, 2.75) is 45.8 Å². The Morgan fingerprint density at radius 1 is 1.32 bits per heavy atom. The highest BCUT2D eigenvalue weighted by atomic mass is 16.3. The summed E-state index contributed by atoms with van der Waals surface area (Å²) < 4.78 is 2.27. The van der Waals surface area contributed by atoms with E-state index in [1.807, 2.05) is 12.1 Å². The first-order chi connectivity index (χ1) is 9.30. The first-order valence-electron chi connectivity index (χ1n) is 7.08. The van der Waals surface area contributed by atoms with Crippen LogP contribution in [0.5, 0.6) is 0 Å². The topological polar surface area (TPSA) is 50.1 Å². The average Bonchev–Trinajstić information content (AvgIpc) is 2.79. The van der Waals surface area contributed by atoms with Gasteiger partial charge in [-0.3, -0.25) is 0 Å². The summed E-state index contributed by atoms with van der Waals surface area (Å²) in [6, 6.07) is 8.38. The number of nitrogens with zero attached hydrogens (tertiary/aromatic N) is 2. The van der Waals surface area contributed by atoms with E-state index in [1.54, 1.807) is 0 Å². The molecule has 0 aliphatic carbocycles. The summed E-state index contributed by atoms with van der Waals surface area (Å²) in [4.78, 5) is 4.69. The van der Waals surface area contributed by atoms with Crippen molar-refractivity contribution in [1.29, 1.82) is 0 Å². The van der Waals surface area contributed by atoms with Crippen LogP contribution in [0.25, 0.3) is 11.0 Å². The number of hydrogen-bond donors (Lipinski definition) is 2. The molecule has 0 spiro atoms. The van der Waals surface area contributed by atoms with E-state index >= 15 is 0 Å². The molecule has 2 rings (SSSR count). The SMILES string of the molecule is CCCn1c(CN[C@@H](CC)CO)nc2ccccc21. The standard InChI is InChI=1S/C15H23N3O/c1-3-9-18-14-8-6-5-7-13(14)17-15(18)10-16-12(4-2)11-19/h5-8,12,16,19H,3-4,9-11H2,1-2H3/t12-/m0/s1. The number of aryl methyl sites for hydroxylation is 1. The van der Waals surface area contributed by atoms with E-state index in [4.69, 9.17) is 4.98 Å². The Kier molecular flexibility index (Phi) is 4.93.